The second kappa shape index (κ2) is 4.25. The van der Waals surface area contributed by atoms with Crippen molar-refractivity contribution in [2.24, 2.45) is 0 Å². The maximum Gasteiger partial charge on any atom is 0.340 e. The van der Waals surface area contributed by atoms with Crippen molar-refractivity contribution in [3.63, 3.8) is 0 Å². The quantitative estimate of drug-likeness (QED) is 0.791. The van der Waals surface area contributed by atoms with Gasteiger partial charge in [0.2, 0.25) is 0 Å². The summed E-state index contributed by atoms with van der Waals surface area (Å²) in [6.45, 7) is 0.892. The van der Waals surface area contributed by atoms with Gasteiger partial charge in [-0.2, -0.15) is 5.10 Å². The molecule has 0 spiro atoms. The van der Waals surface area contributed by atoms with Crippen molar-refractivity contribution in [3.8, 4) is 0 Å². The SMILES string of the molecule is COCCn1ncc(C(=O)O)c1Cl. The van der Waals surface area contributed by atoms with Crippen molar-refractivity contribution in [1.82, 2.24) is 9.78 Å². The van der Waals surface area contributed by atoms with Gasteiger partial charge in [0, 0.05) is 7.11 Å². The molecule has 0 saturated heterocycles. The highest BCUT2D eigenvalue weighted by atomic mass is 35.5. The van der Waals surface area contributed by atoms with Gasteiger partial charge in [-0.15, -0.1) is 0 Å². The summed E-state index contributed by atoms with van der Waals surface area (Å²) in [6.07, 6.45) is 1.22. The third-order valence-corrected chi connectivity index (χ3v) is 1.91. The molecule has 0 fully saturated rings. The van der Waals surface area contributed by atoms with E-state index in [0.717, 1.165) is 0 Å². The summed E-state index contributed by atoms with van der Waals surface area (Å²) < 4.78 is 6.19. The predicted octanol–water partition coefficient (Wildman–Crippen LogP) is 0.881. The van der Waals surface area contributed by atoms with Crippen LogP contribution in [-0.4, -0.2) is 34.6 Å². The van der Waals surface area contributed by atoms with Crippen LogP contribution in [-0.2, 0) is 11.3 Å². The van der Waals surface area contributed by atoms with Crippen LogP contribution in [0.15, 0.2) is 6.20 Å². The Balaban J connectivity index is 2.80. The summed E-state index contributed by atoms with van der Waals surface area (Å²) in [5.74, 6) is -1.08. The molecular weight excluding hydrogens is 196 g/mol. The van der Waals surface area contributed by atoms with Crippen molar-refractivity contribution >= 4 is 17.6 Å². The number of halogens is 1. The van der Waals surface area contributed by atoms with Gasteiger partial charge in [-0.25, -0.2) is 4.79 Å². The molecule has 0 bridgehead atoms. The van der Waals surface area contributed by atoms with Crippen LogP contribution in [0.4, 0.5) is 0 Å². The Hall–Kier alpha value is -1.07. The highest BCUT2D eigenvalue weighted by Gasteiger charge is 2.13. The highest BCUT2D eigenvalue weighted by Crippen LogP contribution is 2.14. The normalized spacial score (nSPS) is 10.3. The van der Waals surface area contributed by atoms with Gasteiger partial charge in [-0.1, -0.05) is 11.6 Å². The number of rotatable bonds is 4. The van der Waals surface area contributed by atoms with Gasteiger partial charge < -0.3 is 9.84 Å². The number of ether oxygens (including phenoxy) is 1. The van der Waals surface area contributed by atoms with Crippen molar-refractivity contribution in [3.05, 3.63) is 16.9 Å². The van der Waals surface area contributed by atoms with E-state index in [1.807, 2.05) is 0 Å². The average Bonchev–Trinajstić information content (AvgIpc) is 2.43. The Morgan fingerprint density at radius 2 is 2.54 bits per heavy atom. The lowest BCUT2D eigenvalue weighted by molar-refractivity contribution is 0.0697. The van der Waals surface area contributed by atoms with Gasteiger partial charge in [0.25, 0.3) is 0 Å². The van der Waals surface area contributed by atoms with Gasteiger partial charge in [0.05, 0.1) is 19.3 Å². The summed E-state index contributed by atoms with van der Waals surface area (Å²) in [5, 5.41) is 12.6. The molecule has 1 aromatic heterocycles. The molecule has 1 N–H and O–H groups in total. The molecule has 0 saturated carbocycles. The minimum atomic E-state index is -1.08. The van der Waals surface area contributed by atoms with E-state index >= 15 is 0 Å². The number of aromatic nitrogens is 2. The van der Waals surface area contributed by atoms with Crippen molar-refractivity contribution in [1.29, 1.82) is 0 Å². The molecule has 0 atom stereocenters. The van der Waals surface area contributed by atoms with E-state index in [9.17, 15) is 4.79 Å². The topological polar surface area (TPSA) is 64.4 Å². The maximum atomic E-state index is 10.5. The summed E-state index contributed by atoms with van der Waals surface area (Å²) in [7, 11) is 1.55. The summed E-state index contributed by atoms with van der Waals surface area (Å²) in [6, 6.07) is 0. The summed E-state index contributed by atoms with van der Waals surface area (Å²) in [4.78, 5) is 10.5. The maximum absolute atomic E-state index is 10.5. The molecular formula is C7H9ClN2O3. The first-order valence-corrected chi connectivity index (χ1v) is 3.98. The van der Waals surface area contributed by atoms with E-state index in [0.29, 0.717) is 13.2 Å². The Morgan fingerprint density at radius 3 is 3.00 bits per heavy atom. The molecule has 72 valence electrons. The average molecular weight is 205 g/mol. The number of carbonyl (C=O) groups is 1. The van der Waals surface area contributed by atoms with Crippen LogP contribution >= 0.6 is 11.6 Å². The minimum Gasteiger partial charge on any atom is -0.478 e. The molecule has 0 aromatic carbocycles. The monoisotopic (exact) mass is 204 g/mol. The molecule has 1 aromatic rings. The Kier molecular flexibility index (Phi) is 3.27. The second-order valence-corrected chi connectivity index (χ2v) is 2.73. The smallest absolute Gasteiger partial charge is 0.340 e. The Morgan fingerprint density at radius 1 is 1.85 bits per heavy atom. The number of hydrogen-bond donors (Lipinski definition) is 1. The number of hydrogen-bond acceptors (Lipinski definition) is 3. The molecule has 0 unspecified atom stereocenters. The van der Waals surface area contributed by atoms with Gasteiger partial charge in [0.15, 0.2) is 0 Å². The van der Waals surface area contributed by atoms with E-state index in [2.05, 4.69) is 5.10 Å². The Labute approximate surface area is 79.9 Å². The number of nitrogens with zero attached hydrogens (tertiary/aromatic N) is 2. The number of carboxylic acid groups (broad SMARTS) is 1. The molecule has 0 aliphatic rings. The number of carboxylic acids is 1. The largest absolute Gasteiger partial charge is 0.478 e. The zero-order valence-corrected chi connectivity index (χ0v) is 7.78. The predicted molar refractivity (Wildman–Crippen MR) is 46.1 cm³/mol. The van der Waals surface area contributed by atoms with Crippen LogP contribution in [0.2, 0.25) is 5.15 Å². The van der Waals surface area contributed by atoms with Crippen molar-refractivity contribution in [2.75, 3.05) is 13.7 Å². The standard InChI is InChI=1S/C7H9ClN2O3/c1-13-3-2-10-6(8)5(4-9-10)7(11)12/h4H,2-3H2,1H3,(H,11,12). The van der Waals surface area contributed by atoms with Crippen LogP contribution in [0.25, 0.3) is 0 Å². The minimum absolute atomic E-state index is 0.0118. The third-order valence-electron chi connectivity index (χ3n) is 1.51. The third kappa shape index (κ3) is 2.19. The van der Waals surface area contributed by atoms with Crippen LogP contribution in [0.5, 0.6) is 0 Å². The van der Waals surface area contributed by atoms with E-state index in [-0.39, 0.29) is 10.7 Å². The molecule has 0 aliphatic heterocycles. The molecule has 0 aliphatic carbocycles. The fourth-order valence-corrected chi connectivity index (χ4v) is 1.11. The molecule has 6 heteroatoms. The van der Waals surface area contributed by atoms with E-state index in [4.69, 9.17) is 21.4 Å². The lowest BCUT2D eigenvalue weighted by Gasteiger charge is -2.00. The van der Waals surface area contributed by atoms with Gasteiger partial charge in [-0.05, 0) is 0 Å². The molecule has 0 radical (unpaired) electrons. The van der Waals surface area contributed by atoms with Gasteiger partial charge in [-0.3, -0.25) is 4.68 Å². The zero-order valence-electron chi connectivity index (χ0n) is 7.03. The van der Waals surface area contributed by atoms with Crippen molar-refractivity contribution in [2.45, 2.75) is 6.54 Å². The van der Waals surface area contributed by atoms with E-state index < -0.39 is 5.97 Å². The number of methoxy groups -OCH3 is 1. The summed E-state index contributed by atoms with van der Waals surface area (Å²) >= 11 is 5.72. The first-order chi connectivity index (χ1) is 6.16. The fraction of sp³-hybridized carbons (Fsp3) is 0.429. The van der Waals surface area contributed by atoms with Crippen LogP contribution < -0.4 is 0 Å². The molecule has 1 heterocycles. The van der Waals surface area contributed by atoms with Crippen molar-refractivity contribution < 1.29 is 14.6 Å². The fourth-order valence-electron chi connectivity index (χ4n) is 0.848. The van der Waals surface area contributed by atoms with E-state index in [1.54, 1.807) is 7.11 Å². The van der Waals surface area contributed by atoms with Gasteiger partial charge in [0.1, 0.15) is 10.7 Å². The van der Waals surface area contributed by atoms with Crippen LogP contribution in [0.3, 0.4) is 0 Å². The van der Waals surface area contributed by atoms with Crippen LogP contribution in [0.1, 0.15) is 10.4 Å². The Bertz CT molecular complexity index is 311. The molecule has 5 nitrogen and oxygen atoms in total. The first kappa shape index (κ1) is 10.0. The highest BCUT2D eigenvalue weighted by molar-refractivity contribution is 6.32. The van der Waals surface area contributed by atoms with Crippen LogP contribution in [0, 0.1) is 0 Å². The lowest BCUT2D eigenvalue weighted by atomic mass is 10.4. The molecule has 1 rings (SSSR count). The summed E-state index contributed by atoms with van der Waals surface area (Å²) in [5.41, 5.74) is 0.0118. The lowest BCUT2D eigenvalue weighted by Crippen LogP contribution is -2.06. The molecule has 13 heavy (non-hydrogen) atoms. The zero-order chi connectivity index (χ0) is 9.84. The van der Waals surface area contributed by atoms with Gasteiger partial charge >= 0.3 is 5.97 Å². The second-order valence-electron chi connectivity index (χ2n) is 2.37. The van der Waals surface area contributed by atoms with E-state index in [1.165, 1.54) is 10.9 Å². The molecule has 0 amide bonds. The first-order valence-electron chi connectivity index (χ1n) is 3.60. The number of aromatic carboxylic acids is 1.